The molecule has 0 bridgehead atoms. The molecule has 2 unspecified atom stereocenters. The van der Waals surface area contributed by atoms with Crippen molar-refractivity contribution in [2.45, 2.75) is 78.1 Å². The van der Waals surface area contributed by atoms with E-state index >= 15 is 0 Å². The van der Waals surface area contributed by atoms with Crippen molar-refractivity contribution in [3.05, 3.63) is 12.2 Å². The molecule has 0 amide bonds. The summed E-state index contributed by atoms with van der Waals surface area (Å²) in [5.41, 5.74) is 0.426. The fraction of sp³-hybridized carbons (Fsp3) is 0.812. The van der Waals surface area contributed by atoms with Gasteiger partial charge in [-0.05, 0) is 32.4 Å². The molecule has 20 heavy (non-hydrogen) atoms. The summed E-state index contributed by atoms with van der Waals surface area (Å²) in [6.07, 6.45) is 4.16. The fourth-order valence-corrected chi connectivity index (χ4v) is 6.73. The van der Waals surface area contributed by atoms with E-state index in [0.29, 0.717) is 12.2 Å². The van der Waals surface area contributed by atoms with Gasteiger partial charge < -0.3 is 9.16 Å². The Morgan fingerprint density at radius 3 is 2.25 bits per heavy atom. The van der Waals surface area contributed by atoms with Gasteiger partial charge in [-0.1, -0.05) is 46.6 Å². The molecule has 0 aromatic heterocycles. The second kappa shape index (κ2) is 10.2. The molecule has 0 N–H and O–H groups in total. The summed E-state index contributed by atoms with van der Waals surface area (Å²) in [7, 11) is -2.03. The third-order valence-corrected chi connectivity index (χ3v) is 8.69. The maximum Gasteiger partial charge on any atom is 0.333 e. The smallest absolute Gasteiger partial charge is 0.333 e. The molecule has 0 aromatic carbocycles. The van der Waals surface area contributed by atoms with Crippen LogP contribution in [0.3, 0.4) is 0 Å². The molecule has 0 aromatic rings. The highest BCUT2D eigenvalue weighted by Gasteiger charge is 2.43. The summed E-state index contributed by atoms with van der Waals surface area (Å²) in [4.78, 5) is 11.9. The molecule has 0 aliphatic rings. The van der Waals surface area contributed by atoms with E-state index in [1.807, 2.05) is 6.92 Å². The van der Waals surface area contributed by atoms with Gasteiger partial charge in [-0.2, -0.15) is 0 Å². The lowest BCUT2D eigenvalue weighted by Crippen LogP contribution is -2.52. The zero-order chi connectivity index (χ0) is 15.6. The third-order valence-electron chi connectivity index (χ3n) is 3.71. The predicted molar refractivity (Wildman–Crippen MR) is 87.2 cm³/mol. The molecule has 0 radical (unpaired) electrons. The van der Waals surface area contributed by atoms with Crippen LogP contribution in [0.15, 0.2) is 12.2 Å². The van der Waals surface area contributed by atoms with Crippen molar-refractivity contribution >= 4 is 14.3 Å². The molecule has 0 spiro atoms. The van der Waals surface area contributed by atoms with E-state index in [4.69, 9.17) is 9.16 Å². The SMILES string of the molecule is C=C(C)C(=O)OC(CCCC)[Si](CC)(CCC)OCC. The van der Waals surface area contributed by atoms with Crippen LogP contribution < -0.4 is 0 Å². The number of carbonyl (C=O) groups is 1. The van der Waals surface area contributed by atoms with Crippen LogP contribution in [0.5, 0.6) is 0 Å². The van der Waals surface area contributed by atoms with Crippen molar-refractivity contribution in [2.75, 3.05) is 6.61 Å². The first-order valence-electron chi connectivity index (χ1n) is 7.97. The van der Waals surface area contributed by atoms with Crippen LogP contribution >= 0.6 is 0 Å². The zero-order valence-electron chi connectivity index (χ0n) is 14.0. The summed E-state index contributed by atoms with van der Waals surface area (Å²) in [6, 6.07) is 2.04. The molecule has 0 rings (SSSR count). The summed E-state index contributed by atoms with van der Waals surface area (Å²) in [6.45, 7) is 14.6. The fourth-order valence-electron chi connectivity index (χ4n) is 2.59. The highest BCUT2D eigenvalue weighted by Crippen LogP contribution is 2.29. The molecule has 3 nitrogen and oxygen atoms in total. The van der Waals surface area contributed by atoms with Gasteiger partial charge in [0, 0.05) is 12.2 Å². The number of hydrogen-bond acceptors (Lipinski definition) is 3. The quantitative estimate of drug-likeness (QED) is 0.317. The Hall–Kier alpha value is -0.613. The topological polar surface area (TPSA) is 35.5 Å². The molecule has 2 atom stereocenters. The monoisotopic (exact) mass is 300 g/mol. The van der Waals surface area contributed by atoms with E-state index in [-0.39, 0.29) is 11.7 Å². The Labute approximate surface area is 125 Å². The van der Waals surface area contributed by atoms with Gasteiger partial charge >= 0.3 is 5.97 Å². The first-order chi connectivity index (χ1) is 9.47. The van der Waals surface area contributed by atoms with Crippen molar-refractivity contribution in [3.8, 4) is 0 Å². The standard InChI is InChI=1S/C16H32O3Si/c1-7-11-12-15(19-16(17)14(5)6)20(10-4,13-8-2)18-9-3/h15H,5,7-13H2,1-4,6H3. The van der Waals surface area contributed by atoms with Crippen molar-refractivity contribution < 1.29 is 14.0 Å². The minimum Gasteiger partial charge on any atom is -0.460 e. The van der Waals surface area contributed by atoms with Crippen molar-refractivity contribution in [1.82, 2.24) is 0 Å². The molecule has 118 valence electrons. The molecule has 0 saturated carbocycles. The first kappa shape index (κ1) is 19.4. The van der Waals surface area contributed by atoms with E-state index in [1.165, 1.54) is 0 Å². The largest absolute Gasteiger partial charge is 0.460 e. The van der Waals surface area contributed by atoms with Crippen LogP contribution in [0.4, 0.5) is 0 Å². The first-order valence-corrected chi connectivity index (χ1v) is 10.4. The lowest BCUT2D eigenvalue weighted by Gasteiger charge is -2.37. The Bertz CT molecular complexity index is 296. The molecule has 0 saturated heterocycles. The second-order valence-electron chi connectivity index (χ2n) is 5.42. The van der Waals surface area contributed by atoms with Gasteiger partial charge in [-0.15, -0.1) is 0 Å². The van der Waals surface area contributed by atoms with Crippen molar-refractivity contribution in [1.29, 1.82) is 0 Å². The predicted octanol–water partition coefficient (Wildman–Crippen LogP) is 4.62. The van der Waals surface area contributed by atoms with Gasteiger partial charge in [0.2, 0.25) is 8.32 Å². The van der Waals surface area contributed by atoms with Crippen LogP contribution in [-0.2, 0) is 14.0 Å². The summed E-state index contributed by atoms with van der Waals surface area (Å²) in [5.74, 6) is -0.271. The van der Waals surface area contributed by atoms with Gasteiger partial charge in [0.05, 0.1) is 0 Å². The van der Waals surface area contributed by atoms with Crippen LogP contribution in [0.25, 0.3) is 0 Å². The molecule has 0 fully saturated rings. The number of ether oxygens (including phenoxy) is 1. The lowest BCUT2D eigenvalue weighted by atomic mass is 10.2. The molecule has 0 heterocycles. The van der Waals surface area contributed by atoms with Crippen LogP contribution in [-0.4, -0.2) is 26.6 Å². The van der Waals surface area contributed by atoms with E-state index in [9.17, 15) is 4.79 Å². The number of carbonyl (C=O) groups excluding carboxylic acids is 1. The second-order valence-corrected chi connectivity index (χ2v) is 9.69. The van der Waals surface area contributed by atoms with E-state index in [2.05, 4.69) is 27.4 Å². The van der Waals surface area contributed by atoms with Crippen LogP contribution in [0.1, 0.15) is 60.3 Å². The Kier molecular flexibility index (Phi) is 9.85. The number of rotatable bonds is 11. The molecule has 0 aliphatic carbocycles. The maximum atomic E-state index is 11.9. The average Bonchev–Trinajstić information content (AvgIpc) is 2.42. The summed E-state index contributed by atoms with van der Waals surface area (Å²) in [5, 5.41) is 0. The summed E-state index contributed by atoms with van der Waals surface area (Å²) >= 11 is 0. The number of hydrogen-bond donors (Lipinski definition) is 0. The normalized spacial score (nSPS) is 15.4. The van der Waals surface area contributed by atoms with Gasteiger partial charge in [0.15, 0.2) is 0 Å². The van der Waals surface area contributed by atoms with E-state index in [0.717, 1.165) is 37.8 Å². The minimum atomic E-state index is -2.03. The van der Waals surface area contributed by atoms with E-state index < -0.39 is 8.32 Å². The van der Waals surface area contributed by atoms with Crippen LogP contribution in [0, 0.1) is 0 Å². The lowest BCUT2D eigenvalue weighted by molar-refractivity contribution is -0.142. The van der Waals surface area contributed by atoms with Crippen molar-refractivity contribution in [3.63, 3.8) is 0 Å². The molecule has 4 heteroatoms. The van der Waals surface area contributed by atoms with Gasteiger partial charge in [-0.3, -0.25) is 0 Å². The van der Waals surface area contributed by atoms with Gasteiger partial charge in [0.1, 0.15) is 5.73 Å². The minimum absolute atomic E-state index is 0.0449. The number of unbranched alkanes of at least 4 members (excludes halogenated alkanes) is 1. The molecular formula is C16H32O3Si. The molecule has 0 aliphatic heterocycles. The van der Waals surface area contributed by atoms with Crippen LogP contribution in [0.2, 0.25) is 12.1 Å². The average molecular weight is 301 g/mol. The number of esters is 1. The maximum absolute atomic E-state index is 11.9. The van der Waals surface area contributed by atoms with Gasteiger partial charge in [-0.25, -0.2) is 4.79 Å². The highest BCUT2D eigenvalue weighted by atomic mass is 28.4. The zero-order valence-corrected chi connectivity index (χ0v) is 15.0. The van der Waals surface area contributed by atoms with Gasteiger partial charge in [0.25, 0.3) is 0 Å². The third kappa shape index (κ3) is 5.79. The highest BCUT2D eigenvalue weighted by molar-refractivity contribution is 6.75. The van der Waals surface area contributed by atoms with E-state index in [1.54, 1.807) is 6.92 Å². The molecular weight excluding hydrogens is 268 g/mol. The van der Waals surface area contributed by atoms with Crippen molar-refractivity contribution in [2.24, 2.45) is 0 Å². The summed E-state index contributed by atoms with van der Waals surface area (Å²) < 4.78 is 12.0. The Morgan fingerprint density at radius 1 is 1.20 bits per heavy atom. The Balaban J connectivity index is 5.16. The Morgan fingerprint density at radius 2 is 1.85 bits per heavy atom.